The fraction of sp³-hybridized carbons (Fsp3) is 0.333. The van der Waals surface area contributed by atoms with Gasteiger partial charge in [0.1, 0.15) is 0 Å². The molecule has 1 heteroatoms. The number of hydrogen-bond donors (Lipinski definition) is 0. The van der Waals surface area contributed by atoms with Crippen LogP contribution in [0.4, 0.5) is 0 Å². The van der Waals surface area contributed by atoms with Crippen molar-refractivity contribution in [2.75, 3.05) is 0 Å². The summed E-state index contributed by atoms with van der Waals surface area (Å²) < 4.78 is 0. The summed E-state index contributed by atoms with van der Waals surface area (Å²) in [6.07, 6.45) is 0. The summed E-state index contributed by atoms with van der Waals surface area (Å²) in [6, 6.07) is 2.20. The molecule has 1 rings (SSSR count). The van der Waals surface area contributed by atoms with Crippen LogP contribution in [0.25, 0.3) is 5.57 Å². The van der Waals surface area contributed by atoms with Gasteiger partial charge < -0.3 is 0 Å². The Bertz CT molecular complexity index is 256. The van der Waals surface area contributed by atoms with E-state index in [1.54, 1.807) is 0 Å². The standard InChI is InChI=1S/C9H12S/c1-6(2)9-5-7(3)10-8(9)4/h5H,1H2,2-4H3. The fourth-order valence-electron chi connectivity index (χ4n) is 1.05. The van der Waals surface area contributed by atoms with Crippen molar-refractivity contribution in [2.45, 2.75) is 20.8 Å². The lowest BCUT2D eigenvalue weighted by Gasteiger charge is -1.93. The van der Waals surface area contributed by atoms with Crippen LogP contribution in [0, 0.1) is 13.8 Å². The van der Waals surface area contributed by atoms with E-state index in [-0.39, 0.29) is 0 Å². The summed E-state index contributed by atoms with van der Waals surface area (Å²) in [5.41, 5.74) is 2.49. The molecule has 54 valence electrons. The highest BCUT2D eigenvalue weighted by molar-refractivity contribution is 7.12. The Labute approximate surface area is 66.2 Å². The fourth-order valence-corrected chi connectivity index (χ4v) is 2.06. The van der Waals surface area contributed by atoms with E-state index >= 15 is 0 Å². The topological polar surface area (TPSA) is 0 Å². The number of aryl methyl sites for hydroxylation is 2. The van der Waals surface area contributed by atoms with Crippen LogP contribution < -0.4 is 0 Å². The van der Waals surface area contributed by atoms with Crippen molar-refractivity contribution in [3.8, 4) is 0 Å². The summed E-state index contributed by atoms with van der Waals surface area (Å²) in [5.74, 6) is 0. The van der Waals surface area contributed by atoms with Crippen molar-refractivity contribution in [3.63, 3.8) is 0 Å². The molecular weight excluding hydrogens is 140 g/mol. The molecule has 0 amide bonds. The highest BCUT2D eigenvalue weighted by Crippen LogP contribution is 2.25. The van der Waals surface area contributed by atoms with Gasteiger partial charge in [-0.1, -0.05) is 6.58 Å². The smallest absolute Gasteiger partial charge is 0.00918 e. The monoisotopic (exact) mass is 152 g/mol. The van der Waals surface area contributed by atoms with Gasteiger partial charge in [0, 0.05) is 9.75 Å². The maximum atomic E-state index is 3.91. The lowest BCUT2D eigenvalue weighted by molar-refractivity contribution is 1.52. The van der Waals surface area contributed by atoms with Crippen LogP contribution in [0.15, 0.2) is 12.6 Å². The zero-order chi connectivity index (χ0) is 7.72. The number of thiophene rings is 1. The van der Waals surface area contributed by atoms with E-state index in [0.29, 0.717) is 0 Å². The molecule has 1 aromatic heterocycles. The first kappa shape index (κ1) is 7.55. The van der Waals surface area contributed by atoms with Gasteiger partial charge in [0.2, 0.25) is 0 Å². The van der Waals surface area contributed by atoms with Gasteiger partial charge in [-0.3, -0.25) is 0 Å². The summed E-state index contributed by atoms with van der Waals surface area (Å²) in [6.45, 7) is 10.2. The van der Waals surface area contributed by atoms with Gasteiger partial charge in [-0.2, -0.15) is 0 Å². The average molecular weight is 152 g/mol. The zero-order valence-corrected chi connectivity index (χ0v) is 7.51. The van der Waals surface area contributed by atoms with E-state index < -0.39 is 0 Å². The third-order valence-corrected chi connectivity index (χ3v) is 2.47. The second-order valence-electron chi connectivity index (χ2n) is 2.61. The van der Waals surface area contributed by atoms with E-state index in [1.807, 2.05) is 11.3 Å². The summed E-state index contributed by atoms with van der Waals surface area (Å²) in [5, 5.41) is 0. The molecular formula is C9H12S. The third-order valence-electron chi connectivity index (χ3n) is 1.50. The van der Waals surface area contributed by atoms with Gasteiger partial charge >= 0.3 is 0 Å². The van der Waals surface area contributed by atoms with Crippen LogP contribution >= 0.6 is 11.3 Å². The first-order valence-corrected chi connectivity index (χ1v) is 4.16. The molecule has 0 aliphatic carbocycles. The minimum atomic E-state index is 1.17. The predicted octanol–water partition coefficient (Wildman–Crippen LogP) is 3.40. The van der Waals surface area contributed by atoms with Crippen LogP contribution in [0.5, 0.6) is 0 Å². The Morgan fingerprint density at radius 3 is 2.30 bits per heavy atom. The minimum Gasteiger partial charge on any atom is -0.145 e. The molecule has 0 spiro atoms. The van der Waals surface area contributed by atoms with Crippen LogP contribution in [0.2, 0.25) is 0 Å². The van der Waals surface area contributed by atoms with Gasteiger partial charge in [0.25, 0.3) is 0 Å². The SMILES string of the molecule is C=C(C)c1cc(C)sc1C. The Kier molecular flexibility index (Phi) is 1.95. The van der Waals surface area contributed by atoms with E-state index in [1.165, 1.54) is 20.9 Å². The maximum Gasteiger partial charge on any atom is 0.00918 e. The highest BCUT2D eigenvalue weighted by Gasteiger charge is 2.01. The number of hydrogen-bond acceptors (Lipinski definition) is 1. The van der Waals surface area contributed by atoms with Crippen LogP contribution in [0.3, 0.4) is 0 Å². The molecule has 0 radical (unpaired) electrons. The first-order chi connectivity index (χ1) is 4.61. The molecule has 1 heterocycles. The van der Waals surface area contributed by atoms with Crippen LogP contribution in [0.1, 0.15) is 22.2 Å². The van der Waals surface area contributed by atoms with Gasteiger partial charge in [0.15, 0.2) is 0 Å². The molecule has 10 heavy (non-hydrogen) atoms. The van der Waals surface area contributed by atoms with Crippen molar-refractivity contribution >= 4 is 16.9 Å². The van der Waals surface area contributed by atoms with E-state index in [2.05, 4.69) is 33.4 Å². The van der Waals surface area contributed by atoms with Crippen molar-refractivity contribution in [1.29, 1.82) is 0 Å². The molecule has 0 aromatic carbocycles. The number of rotatable bonds is 1. The Morgan fingerprint density at radius 2 is 2.10 bits per heavy atom. The quantitative estimate of drug-likeness (QED) is 0.578. The second-order valence-corrected chi connectivity index (χ2v) is 4.07. The van der Waals surface area contributed by atoms with E-state index in [9.17, 15) is 0 Å². The van der Waals surface area contributed by atoms with Gasteiger partial charge in [-0.05, 0) is 38.0 Å². The molecule has 0 aliphatic rings. The zero-order valence-electron chi connectivity index (χ0n) is 6.69. The van der Waals surface area contributed by atoms with Crippen LogP contribution in [-0.2, 0) is 0 Å². The Balaban J connectivity index is 3.15. The minimum absolute atomic E-state index is 1.17. The largest absolute Gasteiger partial charge is 0.145 e. The molecule has 0 aliphatic heterocycles. The average Bonchev–Trinajstić information content (AvgIpc) is 2.10. The molecule has 0 fully saturated rings. The van der Waals surface area contributed by atoms with E-state index in [0.717, 1.165) is 0 Å². The predicted molar refractivity (Wildman–Crippen MR) is 48.5 cm³/mol. The van der Waals surface area contributed by atoms with Crippen LogP contribution in [-0.4, -0.2) is 0 Å². The maximum absolute atomic E-state index is 3.91. The van der Waals surface area contributed by atoms with Gasteiger partial charge in [-0.15, -0.1) is 11.3 Å². The highest BCUT2D eigenvalue weighted by atomic mass is 32.1. The lowest BCUT2D eigenvalue weighted by Crippen LogP contribution is -1.73. The summed E-state index contributed by atoms with van der Waals surface area (Å²) in [7, 11) is 0. The van der Waals surface area contributed by atoms with Crippen molar-refractivity contribution < 1.29 is 0 Å². The summed E-state index contributed by atoms with van der Waals surface area (Å²) >= 11 is 1.84. The van der Waals surface area contributed by atoms with E-state index in [4.69, 9.17) is 0 Å². The molecule has 1 aromatic rings. The molecule has 0 nitrogen and oxygen atoms in total. The van der Waals surface area contributed by atoms with Crippen molar-refractivity contribution in [1.82, 2.24) is 0 Å². The lowest BCUT2D eigenvalue weighted by atomic mass is 10.1. The Hall–Kier alpha value is -0.560. The third kappa shape index (κ3) is 1.29. The Morgan fingerprint density at radius 1 is 1.50 bits per heavy atom. The molecule has 0 N–H and O–H groups in total. The molecule has 0 atom stereocenters. The van der Waals surface area contributed by atoms with Gasteiger partial charge in [0.05, 0.1) is 0 Å². The molecule has 0 bridgehead atoms. The normalized spacial score (nSPS) is 9.90. The summed E-state index contributed by atoms with van der Waals surface area (Å²) in [4.78, 5) is 2.75. The van der Waals surface area contributed by atoms with Crippen molar-refractivity contribution in [2.24, 2.45) is 0 Å². The number of allylic oxidation sites excluding steroid dienone is 1. The molecule has 0 saturated heterocycles. The van der Waals surface area contributed by atoms with Crippen molar-refractivity contribution in [3.05, 3.63) is 28.0 Å². The second kappa shape index (κ2) is 2.59. The molecule has 0 saturated carbocycles. The molecule has 0 unspecified atom stereocenters. The van der Waals surface area contributed by atoms with Gasteiger partial charge in [-0.25, -0.2) is 0 Å². The first-order valence-electron chi connectivity index (χ1n) is 3.34.